The monoisotopic (exact) mass is 385 g/mol. The Hall–Kier alpha value is -3.20. The molecule has 0 atom stereocenters. The minimum absolute atomic E-state index is 0.109. The molecule has 0 saturated carbocycles. The first-order chi connectivity index (χ1) is 13.1. The van der Waals surface area contributed by atoms with Crippen molar-refractivity contribution in [2.24, 2.45) is 0 Å². The van der Waals surface area contributed by atoms with Crippen LogP contribution in [0.5, 0.6) is 5.75 Å². The fraction of sp³-hybridized carbons (Fsp3) is 0.222. The molecule has 0 fully saturated rings. The summed E-state index contributed by atoms with van der Waals surface area (Å²) in [5.74, 6) is 0.860. The molecule has 2 N–H and O–H groups in total. The zero-order valence-electron chi connectivity index (χ0n) is 14.9. The molecule has 3 rings (SSSR count). The van der Waals surface area contributed by atoms with Gasteiger partial charge in [-0.15, -0.1) is 11.3 Å². The van der Waals surface area contributed by atoms with E-state index in [4.69, 9.17) is 4.74 Å². The molecule has 3 aromatic rings. The first-order valence-electron chi connectivity index (χ1n) is 8.26. The second-order valence-corrected chi connectivity index (χ2v) is 6.79. The van der Waals surface area contributed by atoms with E-state index in [1.807, 2.05) is 36.6 Å². The van der Waals surface area contributed by atoms with E-state index in [1.165, 1.54) is 11.2 Å². The lowest BCUT2D eigenvalue weighted by Crippen LogP contribution is -2.10. The van der Waals surface area contributed by atoms with E-state index in [0.717, 1.165) is 12.0 Å². The molecule has 140 valence electrons. The van der Waals surface area contributed by atoms with Gasteiger partial charge in [-0.05, 0) is 42.5 Å². The third-order valence-electron chi connectivity index (χ3n) is 3.86. The van der Waals surface area contributed by atoms with Crippen molar-refractivity contribution in [3.63, 3.8) is 0 Å². The van der Waals surface area contributed by atoms with Crippen LogP contribution >= 0.6 is 11.3 Å². The molecule has 9 heteroatoms. The number of benzene rings is 1. The molecule has 0 amide bonds. The van der Waals surface area contributed by atoms with Crippen LogP contribution < -0.4 is 15.4 Å². The summed E-state index contributed by atoms with van der Waals surface area (Å²) in [6, 6.07) is 9.54. The molecule has 0 aliphatic heterocycles. The molecule has 0 radical (unpaired) electrons. The summed E-state index contributed by atoms with van der Waals surface area (Å²) in [6.45, 7) is 2.46. The average Bonchev–Trinajstić information content (AvgIpc) is 3.15. The molecule has 2 aromatic heterocycles. The SMILES string of the molecule is COc1ccc(C)cc1Nc1ncnc(NCCc2cccs2)c1[N+](=O)[O-]. The average molecular weight is 385 g/mol. The third kappa shape index (κ3) is 4.50. The summed E-state index contributed by atoms with van der Waals surface area (Å²) in [4.78, 5) is 20.5. The molecule has 27 heavy (non-hydrogen) atoms. The van der Waals surface area contributed by atoms with Crippen LogP contribution in [0, 0.1) is 17.0 Å². The van der Waals surface area contributed by atoms with Gasteiger partial charge in [-0.25, -0.2) is 9.97 Å². The Kier molecular flexibility index (Phi) is 5.82. The molecule has 0 spiro atoms. The zero-order chi connectivity index (χ0) is 19.2. The summed E-state index contributed by atoms with van der Waals surface area (Å²) in [7, 11) is 1.54. The number of rotatable bonds is 8. The van der Waals surface area contributed by atoms with Gasteiger partial charge in [0.2, 0.25) is 11.6 Å². The standard InChI is InChI=1S/C18H19N5O3S/c1-12-5-6-15(26-2)14(10-12)22-18-16(23(24)25)17(20-11-21-18)19-8-7-13-4-3-9-27-13/h3-6,9-11H,7-8H2,1-2H3,(H2,19,20,21,22). The Labute approximate surface area is 160 Å². The predicted octanol–water partition coefficient (Wildman–Crippen LogP) is 4.16. The fourth-order valence-electron chi connectivity index (χ4n) is 2.58. The van der Waals surface area contributed by atoms with Gasteiger partial charge in [0.05, 0.1) is 17.7 Å². The highest BCUT2D eigenvalue weighted by Crippen LogP contribution is 2.34. The first kappa shape index (κ1) is 18.6. The fourth-order valence-corrected chi connectivity index (χ4v) is 3.29. The highest BCUT2D eigenvalue weighted by molar-refractivity contribution is 7.09. The van der Waals surface area contributed by atoms with Crippen molar-refractivity contribution in [3.8, 4) is 5.75 Å². The molecule has 0 saturated heterocycles. The van der Waals surface area contributed by atoms with Gasteiger partial charge in [-0.2, -0.15) is 0 Å². The molecule has 2 heterocycles. The molecular weight excluding hydrogens is 366 g/mol. The normalized spacial score (nSPS) is 10.4. The van der Waals surface area contributed by atoms with Gasteiger partial charge in [0, 0.05) is 11.4 Å². The first-order valence-corrected chi connectivity index (χ1v) is 9.13. The molecule has 1 aromatic carbocycles. The van der Waals surface area contributed by atoms with E-state index >= 15 is 0 Å². The van der Waals surface area contributed by atoms with Gasteiger partial charge >= 0.3 is 5.69 Å². The van der Waals surface area contributed by atoms with Gasteiger partial charge in [-0.3, -0.25) is 10.1 Å². The molecular formula is C18H19N5O3S. The number of ether oxygens (including phenoxy) is 1. The Morgan fingerprint density at radius 3 is 2.78 bits per heavy atom. The maximum atomic E-state index is 11.7. The number of aryl methyl sites for hydroxylation is 1. The number of nitro groups is 1. The predicted molar refractivity (Wildman–Crippen MR) is 106 cm³/mol. The van der Waals surface area contributed by atoms with Crippen molar-refractivity contribution in [2.45, 2.75) is 13.3 Å². The number of thiophene rings is 1. The number of methoxy groups -OCH3 is 1. The largest absolute Gasteiger partial charge is 0.495 e. The Balaban J connectivity index is 1.85. The van der Waals surface area contributed by atoms with Crippen LogP contribution in [0.3, 0.4) is 0 Å². The number of anilines is 3. The van der Waals surface area contributed by atoms with Gasteiger partial charge in [0.25, 0.3) is 0 Å². The topological polar surface area (TPSA) is 102 Å². The number of aromatic nitrogens is 2. The maximum Gasteiger partial charge on any atom is 0.353 e. The van der Waals surface area contributed by atoms with E-state index in [9.17, 15) is 10.1 Å². The number of nitrogens with zero attached hydrogens (tertiary/aromatic N) is 3. The summed E-state index contributed by atoms with van der Waals surface area (Å²) in [5, 5.41) is 19.7. The molecule has 0 unspecified atom stereocenters. The van der Waals surface area contributed by atoms with Crippen molar-refractivity contribution >= 4 is 34.3 Å². The van der Waals surface area contributed by atoms with Gasteiger partial charge in [0.15, 0.2) is 0 Å². The van der Waals surface area contributed by atoms with E-state index in [2.05, 4.69) is 20.6 Å². The second kappa shape index (κ2) is 8.45. The maximum absolute atomic E-state index is 11.7. The van der Waals surface area contributed by atoms with Crippen LogP contribution in [0.15, 0.2) is 42.0 Å². The van der Waals surface area contributed by atoms with Crippen molar-refractivity contribution < 1.29 is 9.66 Å². The highest BCUT2D eigenvalue weighted by Gasteiger charge is 2.23. The third-order valence-corrected chi connectivity index (χ3v) is 4.79. The smallest absolute Gasteiger partial charge is 0.353 e. The lowest BCUT2D eigenvalue weighted by molar-refractivity contribution is -0.383. The summed E-state index contributed by atoms with van der Waals surface area (Å²) in [6.07, 6.45) is 2.05. The molecule has 0 bridgehead atoms. The van der Waals surface area contributed by atoms with Crippen LogP contribution in [0.4, 0.5) is 23.0 Å². The molecule has 0 aliphatic rings. The zero-order valence-corrected chi connectivity index (χ0v) is 15.7. The number of hydrogen-bond donors (Lipinski definition) is 2. The van der Waals surface area contributed by atoms with Crippen LogP contribution in [0.2, 0.25) is 0 Å². The van der Waals surface area contributed by atoms with Crippen LogP contribution in [-0.4, -0.2) is 28.5 Å². The summed E-state index contributed by atoms with van der Waals surface area (Å²) in [5.41, 5.74) is 1.39. The highest BCUT2D eigenvalue weighted by atomic mass is 32.1. The van der Waals surface area contributed by atoms with Crippen LogP contribution in [-0.2, 0) is 6.42 Å². The van der Waals surface area contributed by atoms with Crippen molar-refractivity contribution in [1.29, 1.82) is 0 Å². The molecule has 0 aliphatic carbocycles. The minimum Gasteiger partial charge on any atom is -0.495 e. The summed E-state index contributed by atoms with van der Waals surface area (Å²) < 4.78 is 5.32. The summed E-state index contributed by atoms with van der Waals surface area (Å²) >= 11 is 1.65. The van der Waals surface area contributed by atoms with E-state index in [1.54, 1.807) is 24.5 Å². The lowest BCUT2D eigenvalue weighted by atomic mass is 10.2. The van der Waals surface area contributed by atoms with Crippen molar-refractivity contribution in [1.82, 2.24) is 9.97 Å². The van der Waals surface area contributed by atoms with Crippen molar-refractivity contribution in [2.75, 3.05) is 24.3 Å². The quantitative estimate of drug-likeness (QED) is 0.443. The number of hydrogen-bond acceptors (Lipinski definition) is 8. The van der Waals surface area contributed by atoms with E-state index < -0.39 is 4.92 Å². The van der Waals surface area contributed by atoms with E-state index in [0.29, 0.717) is 18.0 Å². The molecule has 8 nitrogen and oxygen atoms in total. The number of nitrogens with one attached hydrogen (secondary N) is 2. The van der Waals surface area contributed by atoms with Gasteiger partial charge in [0.1, 0.15) is 12.1 Å². The Morgan fingerprint density at radius 2 is 2.07 bits per heavy atom. The van der Waals surface area contributed by atoms with E-state index in [-0.39, 0.29) is 17.3 Å². The minimum atomic E-state index is -0.488. The van der Waals surface area contributed by atoms with Crippen molar-refractivity contribution in [3.05, 3.63) is 62.6 Å². The van der Waals surface area contributed by atoms with Crippen LogP contribution in [0.25, 0.3) is 0 Å². The van der Waals surface area contributed by atoms with Crippen LogP contribution in [0.1, 0.15) is 10.4 Å². The van der Waals surface area contributed by atoms with Gasteiger partial charge < -0.3 is 15.4 Å². The van der Waals surface area contributed by atoms with Gasteiger partial charge in [-0.1, -0.05) is 12.1 Å². The Bertz CT molecular complexity index is 931. The second-order valence-electron chi connectivity index (χ2n) is 5.76. The Morgan fingerprint density at radius 1 is 1.26 bits per heavy atom. The lowest BCUT2D eigenvalue weighted by Gasteiger charge is -2.13.